The Morgan fingerprint density at radius 3 is 2.75 bits per heavy atom. The van der Waals surface area contributed by atoms with E-state index < -0.39 is 4.92 Å². The zero-order valence-electron chi connectivity index (χ0n) is 6.15. The number of hydrogen-bond donors (Lipinski definition) is 0. The molecule has 0 bridgehead atoms. The molecule has 0 aromatic heterocycles. The number of hydrogen-bond acceptors (Lipinski definition) is 3. The lowest BCUT2D eigenvalue weighted by Crippen LogP contribution is -1.93. The van der Waals surface area contributed by atoms with Crippen LogP contribution in [0.3, 0.4) is 0 Å². The van der Waals surface area contributed by atoms with Crippen LogP contribution >= 0.6 is 0 Å². The van der Waals surface area contributed by atoms with Crippen LogP contribution in [0, 0.1) is 28.4 Å². The molecule has 0 unspecified atom stereocenters. The summed E-state index contributed by atoms with van der Waals surface area (Å²) in [7, 11) is 0. The van der Waals surface area contributed by atoms with Crippen LogP contribution < -0.4 is 0 Å². The van der Waals surface area contributed by atoms with Crippen molar-refractivity contribution in [3.8, 4) is 6.07 Å². The molecule has 0 heterocycles. The van der Waals surface area contributed by atoms with Crippen molar-refractivity contribution in [2.45, 2.75) is 0 Å². The van der Waals surface area contributed by atoms with Gasteiger partial charge in [0.15, 0.2) is 0 Å². The lowest BCUT2D eigenvalue weighted by atomic mass is 10.1. The maximum absolute atomic E-state index is 10.3. The Balaban J connectivity index is 3.35. The van der Waals surface area contributed by atoms with Gasteiger partial charge in [-0.1, -0.05) is 6.07 Å². The van der Waals surface area contributed by atoms with E-state index in [0.29, 0.717) is 0 Å². The summed E-state index contributed by atoms with van der Waals surface area (Å²) in [5, 5.41) is 18.9. The maximum atomic E-state index is 10.3. The first-order chi connectivity index (χ1) is 5.66. The molecule has 12 heavy (non-hydrogen) atoms. The number of nitrogens with zero attached hydrogens (tertiary/aromatic N) is 2. The van der Waals surface area contributed by atoms with Crippen LogP contribution in [0.2, 0.25) is 0 Å². The van der Waals surface area contributed by atoms with E-state index in [9.17, 15) is 10.1 Å². The molecular formula is C8H5N2O2. The molecule has 0 aliphatic rings. The van der Waals surface area contributed by atoms with E-state index in [4.69, 9.17) is 5.26 Å². The molecule has 4 heteroatoms. The number of nitro benzene ring substituents is 1. The lowest BCUT2D eigenvalue weighted by Gasteiger charge is -1.96. The zero-order chi connectivity index (χ0) is 9.14. The Bertz CT molecular complexity index is 366. The third-order valence-electron chi connectivity index (χ3n) is 1.47. The molecule has 0 atom stereocenters. The van der Waals surface area contributed by atoms with E-state index in [0.717, 1.165) is 0 Å². The van der Waals surface area contributed by atoms with Crippen molar-refractivity contribution >= 4 is 5.69 Å². The summed E-state index contributed by atoms with van der Waals surface area (Å²) in [6, 6.07) is 6.11. The highest BCUT2D eigenvalue weighted by atomic mass is 16.6. The minimum atomic E-state index is -0.552. The van der Waals surface area contributed by atoms with Crippen molar-refractivity contribution in [1.82, 2.24) is 0 Å². The van der Waals surface area contributed by atoms with E-state index in [-0.39, 0.29) is 16.8 Å². The minimum absolute atomic E-state index is 0.117. The fraction of sp³-hybridized carbons (Fsp3) is 0. The van der Waals surface area contributed by atoms with Crippen LogP contribution in [0.4, 0.5) is 5.69 Å². The number of nitro groups is 1. The average Bonchev–Trinajstić information content (AvgIpc) is 2.04. The highest BCUT2D eigenvalue weighted by molar-refractivity contribution is 5.52. The predicted molar refractivity (Wildman–Crippen MR) is 42.3 cm³/mol. The summed E-state index contributed by atoms with van der Waals surface area (Å²) in [4.78, 5) is 9.79. The van der Waals surface area contributed by atoms with Gasteiger partial charge in [-0.15, -0.1) is 0 Å². The van der Waals surface area contributed by atoms with E-state index in [2.05, 4.69) is 6.92 Å². The SMILES string of the molecule is [CH2]c1c(C#N)cccc1[N+](=O)[O-]. The molecule has 0 N–H and O–H groups in total. The summed E-state index contributed by atoms with van der Waals surface area (Å²) < 4.78 is 0. The van der Waals surface area contributed by atoms with Gasteiger partial charge in [-0.2, -0.15) is 5.26 Å². The van der Waals surface area contributed by atoms with Gasteiger partial charge in [-0.3, -0.25) is 10.1 Å². The van der Waals surface area contributed by atoms with Crippen LogP contribution in [-0.2, 0) is 0 Å². The fourth-order valence-electron chi connectivity index (χ4n) is 0.850. The van der Waals surface area contributed by atoms with E-state index in [1.165, 1.54) is 18.2 Å². The van der Waals surface area contributed by atoms with Gasteiger partial charge in [0.05, 0.1) is 16.6 Å². The molecule has 1 radical (unpaired) electrons. The molecule has 59 valence electrons. The van der Waals surface area contributed by atoms with Crippen LogP contribution in [-0.4, -0.2) is 4.92 Å². The van der Waals surface area contributed by atoms with Crippen LogP contribution in [0.15, 0.2) is 18.2 Å². The lowest BCUT2D eigenvalue weighted by molar-refractivity contribution is -0.385. The molecule has 0 saturated heterocycles. The number of rotatable bonds is 1. The molecule has 4 nitrogen and oxygen atoms in total. The van der Waals surface area contributed by atoms with Crippen molar-refractivity contribution < 1.29 is 4.92 Å². The Kier molecular flexibility index (Phi) is 2.06. The smallest absolute Gasteiger partial charge is 0.258 e. The first-order valence-corrected chi connectivity index (χ1v) is 3.16. The van der Waals surface area contributed by atoms with Crippen LogP contribution in [0.5, 0.6) is 0 Å². The molecule has 1 rings (SSSR count). The average molecular weight is 161 g/mol. The predicted octanol–water partition coefficient (Wildman–Crippen LogP) is 1.65. The van der Waals surface area contributed by atoms with Gasteiger partial charge in [0.2, 0.25) is 0 Å². The second-order valence-electron chi connectivity index (χ2n) is 2.17. The molecule has 0 amide bonds. The topological polar surface area (TPSA) is 66.9 Å². The summed E-state index contributed by atoms with van der Waals surface area (Å²) in [5.41, 5.74) is 0.295. The van der Waals surface area contributed by atoms with Gasteiger partial charge < -0.3 is 0 Å². The first-order valence-electron chi connectivity index (χ1n) is 3.16. The highest BCUT2D eigenvalue weighted by Crippen LogP contribution is 2.19. The summed E-state index contributed by atoms with van der Waals surface area (Å²) in [5.74, 6) is 0. The minimum Gasteiger partial charge on any atom is -0.258 e. The normalized spacial score (nSPS) is 9.00. The van der Waals surface area contributed by atoms with Crippen molar-refractivity contribution in [3.05, 3.63) is 46.4 Å². The van der Waals surface area contributed by atoms with Gasteiger partial charge in [-0.25, -0.2) is 0 Å². The summed E-state index contributed by atoms with van der Waals surface area (Å²) in [6.07, 6.45) is 0. The third-order valence-corrected chi connectivity index (χ3v) is 1.47. The molecule has 0 spiro atoms. The Hall–Kier alpha value is -1.89. The van der Waals surface area contributed by atoms with Gasteiger partial charge in [0, 0.05) is 11.6 Å². The van der Waals surface area contributed by atoms with Crippen molar-refractivity contribution in [1.29, 1.82) is 5.26 Å². The van der Waals surface area contributed by atoms with E-state index in [1.54, 1.807) is 0 Å². The largest absolute Gasteiger partial charge is 0.273 e. The molecule has 1 aromatic rings. The summed E-state index contributed by atoms with van der Waals surface area (Å²) in [6.45, 7) is 3.45. The quantitative estimate of drug-likeness (QED) is 0.464. The molecule has 1 aromatic carbocycles. The molecular weight excluding hydrogens is 156 g/mol. The van der Waals surface area contributed by atoms with Crippen molar-refractivity contribution in [2.24, 2.45) is 0 Å². The second-order valence-corrected chi connectivity index (χ2v) is 2.17. The Morgan fingerprint density at radius 1 is 1.58 bits per heavy atom. The highest BCUT2D eigenvalue weighted by Gasteiger charge is 2.12. The monoisotopic (exact) mass is 161 g/mol. The van der Waals surface area contributed by atoms with Gasteiger partial charge >= 0.3 is 0 Å². The van der Waals surface area contributed by atoms with Crippen LogP contribution in [0.25, 0.3) is 0 Å². The van der Waals surface area contributed by atoms with Gasteiger partial charge in [0.25, 0.3) is 5.69 Å². The molecule has 0 aliphatic carbocycles. The second kappa shape index (κ2) is 3.01. The van der Waals surface area contributed by atoms with E-state index in [1.807, 2.05) is 6.07 Å². The van der Waals surface area contributed by atoms with E-state index >= 15 is 0 Å². The van der Waals surface area contributed by atoms with Gasteiger partial charge in [-0.05, 0) is 13.0 Å². The first kappa shape index (κ1) is 8.21. The maximum Gasteiger partial charge on any atom is 0.273 e. The van der Waals surface area contributed by atoms with Gasteiger partial charge in [0.1, 0.15) is 0 Å². The third kappa shape index (κ3) is 1.25. The number of nitriles is 1. The Labute approximate surface area is 69.2 Å². The van der Waals surface area contributed by atoms with Crippen molar-refractivity contribution in [2.75, 3.05) is 0 Å². The Morgan fingerprint density at radius 2 is 2.25 bits per heavy atom. The molecule has 0 fully saturated rings. The fourth-order valence-corrected chi connectivity index (χ4v) is 0.850. The summed E-state index contributed by atoms with van der Waals surface area (Å²) >= 11 is 0. The zero-order valence-corrected chi connectivity index (χ0v) is 6.15. The van der Waals surface area contributed by atoms with Crippen LogP contribution in [0.1, 0.15) is 11.1 Å². The number of benzene rings is 1. The standard InChI is InChI=1S/C8H5N2O2/c1-6-7(5-9)3-2-4-8(6)10(11)12/h2-4H,1H2. The molecule has 0 saturated carbocycles. The molecule has 0 aliphatic heterocycles. The van der Waals surface area contributed by atoms with Crippen molar-refractivity contribution in [3.63, 3.8) is 0 Å².